The molecular formula is C12H19N3O3. The molecule has 1 rings (SSSR count). The molecule has 0 saturated heterocycles. The number of carbonyl (C=O) groups is 1. The van der Waals surface area contributed by atoms with E-state index in [1.165, 1.54) is 18.2 Å². The van der Waals surface area contributed by atoms with Crippen LogP contribution in [0.3, 0.4) is 0 Å². The second kappa shape index (κ2) is 5.68. The molecular weight excluding hydrogens is 234 g/mol. The molecule has 6 heteroatoms. The molecule has 0 fully saturated rings. The Morgan fingerprint density at radius 3 is 2.67 bits per heavy atom. The van der Waals surface area contributed by atoms with E-state index in [4.69, 9.17) is 11.5 Å². The number of carboxylic acid groups (broad SMARTS) is 1. The second-order valence-electron chi connectivity index (χ2n) is 4.36. The molecule has 1 aliphatic rings. The van der Waals surface area contributed by atoms with Crippen LogP contribution in [0, 0.1) is 5.41 Å². The summed E-state index contributed by atoms with van der Waals surface area (Å²) in [5, 5.41) is 19.4. The Kier molecular flexibility index (Phi) is 4.49. The van der Waals surface area contributed by atoms with Crippen LogP contribution in [0.4, 0.5) is 0 Å². The predicted molar refractivity (Wildman–Crippen MR) is 68.6 cm³/mol. The number of aliphatic hydroxyl groups is 1. The van der Waals surface area contributed by atoms with Crippen LogP contribution in [0.25, 0.3) is 0 Å². The lowest BCUT2D eigenvalue weighted by atomic mass is 9.75. The summed E-state index contributed by atoms with van der Waals surface area (Å²) in [6, 6.07) is 0. The predicted octanol–water partition coefficient (Wildman–Crippen LogP) is 0.336. The van der Waals surface area contributed by atoms with Crippen molar-refractivity contribution < 1.29 is 15.0 Å². The number of aliphatic carboxylic acids is 1. The Morgan fingerprint density at radius 2 is 2.22 bits per heavy atom. The zero-order valence-corrected chi connectivity index (χ0v) is 10.3. The van der Waals surface area contributed by atoms with Gasteiger partial charge in [0, 0.05) is 0 Å². The molecule has 0 bridgehead atoms. The fraction of sp³-hybridized carbons (Fsp3) is 0.500. The normalized spacial score (nSPS) is 26.6. The summed E-state index contributed by atoms with van der Waals surface area (Å²) in [4.78, 5) is 15.2. The fourth-order valence-electron chi connectivity index (χ4n) is 1.93. The first-order valence-electron chi connectivity index (χ1n) is 5.84. The molecule has 0 radical (unpaired) electrons. The van der Waals surface area contributed by atoms with Crippen LogP contribution in [0.5, 0.6) is 0 Å². The Hall–Kier alpha value is -1.82. The lowest BCUT2D eigenvalue weighted by Crippen LogP contribution is -2.41. The smallest absolute Gasteiger partial charge is 0.316 e. The van der Waals surface area contributed by atoms with Gasteiger partial charge in [-0.15, -0.1) is 0 Å². The SMILES string of the molecule is CCCCC1(C(=O)O)C=CC(N=C(N)N)=CC1O. The Bertz CT molecular complexity index is 411. The zero-order chi connectivity index (χ0) is 13.8. The molecule has 0 aromatic carbocycles. The van der Waals surface area contributed by atoms with Crippen LogP contribution in [0.15, 0.2) is 28.9 Å². The highest BCUT2D eigenvalue weighted by molar-refractivity contribution is 5.80. The first-order chi connectivity index (χ1) is 8.42. The Labute approximate surface area is 106 Å². The second-order valence-corrected chi connectivity index (χ2v) is 4.36. The van der Waals surface area contributed by atoms with E-state index in [2.05, 4.69) is 4.99 Å². The van der Waals surface area contributed by atoms with Crippen LogP contribution in [0.1, 0.15) is 26.2 Å². The van der Waals surface area contributed by atoms with Gasteiger partial charge in [0.05, 0.1) is 11.8 Å². The number of aliphatic hydroxyl groups excluding tert-OH is 1. The third-order valence-electron chi connectivity index (χ3n) is 3.01. The molecule has 0 spiro atoms. The average molecular weight is 253 g/mol. The van der Waals surface area contributed by atoms with Crippen molar-refractivity contribution in [3.63, 3.8) is 0 Å². The van der Waals surface area contributed by atoms with Gasteiger partial charge in [-0.05, 0) is 18.6 Å². The van der Waals surface area contributed by atoms with E-state index >= 15 is 0 Å². The number of nitrogens with two attached hydrogens (primary N) is 2. The fourth-order valence-corrected chi connectivity index (χ4v) is 1.93. The number of nitrogens with zero attached hydrogens (tertiary/aromatic N) is 1. The van der Waals surface area contributed by atoms with Crippen molar-refractivity contribution in [3.8, 4) is 0 Å². The summed E-state index contributed by atoms with van der Waals surface area (Å²) in [5.74, 6) is -1.17. The van der Waals surface area contributed by atoms with Gasteiger partial charge in [-0.1, -0.05) is 25.8 Å². The third kappa shape index (κ3) is 2.89. The number of allylic oxidation sites excluding steroid dienone is 1. The molecule has 0 amide bonds. The van der Waals surface area contributed by atoms with Gasteiger partial charge in [0.25, 0.3) is 0 Å². The minimum absolute atomic E-state index is 0.130. The third-order valence-corrected chi connectivity index (χ3v) is 3.01. The van der Waals surface area contributed by atoms with Crippen LogP contribution >= 0.6 is 0 Å². The van der Waals surface area contributed by atoms with E-state index in [-0.39, 0.29) is 5.96 Å². The Balaban J connectivity index is 2.99. The largest absolute Gasteiger partial charge is 0.481 e. The van der Waals surface area contributed by atoms with Gasteiger partial charge < -0.3 is 21.7 Å². The molecule has 0 heterocycles. The van der Waals surface area contributed by atoms with Crippen molar-refractivity contribution in [1.82, 2.24) is 0 Å². The lowest BCUT2D eigenvalue weighted by Gasteiger charge is -2.32. The van der Waals surface area contributed by atoms with E-state index < -0.39 is 17.5 Å². The molecule has 6 nitrogen and oxygen atoms in total. The van der Waals surface area contributed by atoms with Gasteiger partial charge in [-0.25, -0.2) is 4.99 Å². The average Bonchev–Trinajstić information content (AvgIpc) is 2.27. The van der Waals surface area contributed by atoms with Crippen molar-refractivity contribution in [2.24, 2.45) is 21.9 Å². The maximum Gasteiger partial charge on any atom is 0.316 e. The molecule has 100 valence electrons. The molecule has 1 aliphatic carbocycles. The first-order valence-corrected chi connectivity index (χ1v) is 5.84. The number of hydrogen-bond acceptors (Lipinski definition) is 3. The summed E-state index contributed by atoms with van der Waals surface area (Å²) in [6.45, 7) is 1.97. The molecule has 2 atom stereocenters. The van der Waals surface area contributed by atoms with Crippen LogP contribution in [-0.4, -0.2) is 28.2 Å². The number of aliphatic imine (C=N–C) groups is 1. The number of guanidine groups is 1. The topological polar surface area (TPSA) is 122 Å². The van der Waals surface area contributed by atoms with Gasteiger partial charge in [-0.3, -0.25) is 4.79 Å². The van der Waals surface area contributed by atoms with Crippen molar-refractivity contribution in [2.45, 2.75) is 32.3 Å². The molecule has 2 unspecified atom stereocenters. The summed E-state index contributed by atoms with van der Waals surface area (Å²) < 4.78 is 0. The molecule has 0 aliphatic heterocycles. The number of carboxylic acids is 1. The maximum atomic E-state index is 11.4. The molecule has 18 heavy (non-hydrogen) atoms. The van der Waals surface area contributed by atoms with Crippen molar-refractivity contribution in [2.75, 3.05) is 0 Å². The van der Waals surface area contributed by atoms with Crippen LogP contribution < -0.4 is 11.5 Å². The molecule has 0 aromatic rings. The van der Waals surface area contributed by atoms with Crippen LogP contribution in [-0.2, 0) is 4.79 Å². The molecule has 0 saturated carbocycles. The van der Waals surface area contributed by atoms with Crippen molar-refractivity contribution in [1.29, 1.82) is 0 Å². The van der Waals surface area contributed by atoms with E-state index in [0.717, 1.165) is 12.8 Å². The summed E-state index contributed by atoms with van der Waals surface area (Å²) in [5.41, 5.74) is 9.55. The standard InChI is InChI=1S/C12H19N3O3/c1-2-3-5-12(10(17)18)6-4-8(7-9(12)16)15-11(13)14/h4,6-7,9,16H,2-3,5H2,1H3,(H,17,18)(H4,13,14,15). The first kappa shape index (κ1) is 14.2. The maximum absolute atomic E-state index is 11.4. The van der Waals surface area contributed by atoms with E-state index in [0.29, 0.717) is 12.1 Å². The highest BCUT2D eigenvalue weighted by atomic mass is 16.4. The molecule has 6 N–H and O–H groups in total. The Morgan fingerprint density at radius 1 is 1.56 bits per heavy atom. The quantitative estimate of drug-likeness (QED) is 0.415. The minimum atomic E-state index is -1.28. The monoisotopic (exact) mass is 253 g/mol. The van der Waals surface area contributed by atoms with Gasteiger partial charge >= 0.3 is 5.97 Å². The van der Waals surface area contributed by atoms with Gasteiger partial charge in [-0.2, -0.15) is 0 Å². The van der Waals surface area contributed by atoms with E-state index in [9.17, 15) is 15.0 Å². The van der Waals surface area contributed by atoms with E-state index in [1.807, 2.05) is 6.92 Å². The highest BCUT2D eigenvalue weighted by Crippen LogP contribution is 2.36. The molecule has 0 aromatic heterocycles. The highest BCUT2D eigenvalue weighted by Gasteiger charge is 2.43. The number of rotatable bonds is 5. The summed E-state index contributed by atoms with van der Waals surface area (Å²) in [6.07, 6.45) is 5.18. The minimum Gasteiger partial charge on any atom is -0.481 e. The zero-order valence-electron chi connectivity index (χ0n) is 10.3. The number of unbranched alkanes of at least 4 members (excludes halogenated alkanes) is 1. The summed E-state index contributed by atoms with van der Waals surface area (Å²) in [7, 11) is 0. The summed E-state index contributed by atoms with van der Waals surface area (Å²) >= 11 is 0. The lowest BCUT2D eigenvalue weighted by molar-refractivity contribution is -0.151. The van der Waals surface area contributed by atoms with E-state index in [1.54, 1.807) is 0 Å². The van der Waals surface area contributed by atoms with Crippen LogP contribution in [0.2, 0.25) is 0 Å². The van der Waals surface area contributed by atoms with Gasteiger partial charge in [0.1, 0.15) is 5.41 Å². The number of hydrogen-bond donors (Lipinski definition) is 4. The van der Waals surface area contributed by atoms with Gasteiger partial charge in [0.15, 0.2) is 5.96 Å². The van der Waals surface area contributed by atoms with Crippen molar-refractivity contribution in [3.05, 3.63) is 23.9 Å². The van der Waals surface area contributed by atoms with Gasteiger partial charge in [0.2, 0.25) is 0 Å². The van der Waals surface area contributed by atoms with Crippen molar-refractivity contribution >= 4 is 11.9 Å².